The van der Waals surface area contributed by atoms with Gasteiger partial charge in [0, 0.05) is 35.9 Å². The Kier molecular flexibility index (Phi) is 5.98. The monoisotopic (exact) mass is 241 g/mol. The van der Waals surface area contributed by atoms with E-state index < -0.39 is 0 Å². The molecule has 1 heterocycles. The van der Waals surface area contributed by atoms with Gasteiger partial charge in [-0.1, -0.05) is 0 Å². The van der Waals surface area contributed by atoms with Crippen LogP contribution in [0, 0.1) is 0 Å². The summed E-state index contributed by atoms with van der Waals surface area (Å²) in [4.78, 5) is 7.46. The fourth-order valence-electron chi connectivity index (χ4n) is 1.49. The summed E-state index contributed by atoms with van der Waals surface area (Å²) in [6.45, 7) is 4.27. The fraction of sp³-hybridized carbons (Fsp3) is 0.667. The Labute approximate surface area is 103 Å². The number of hydrogen-bond donors (Lipinski definition) is 1. The van der Waals surface area contributed by atoms with E-state index in [1.165, 1.54) is 9.75 Å². The van der Waals surface area contributed by atoms with E-state index in [1.54, 1.807) is 0 Å². The molecule has 0 aliphatic heterocycles. The summed E-state index contributed by atoms with van der Waals surface area (Å²) in [6.07, 6.45) is 0. The summed E-state index contributed by atoms with van der Waals surface area (Å²) >= 11 is 1.90. The first-order valence-electron chi connectivity index (χ1n) is 5.67. The molecule has 1 rings (SSSR count). The minimum Gasteiger partial charge on any atom is -0.315 e. The Morgan fingerprint density at radius 1 is 1.12 bits per heavy atom. The first-order chi connectivity index (χ1) is 7.61. The van der Waals surface area contributed by atoms with E-state index in [1.807, 2.05) is 18.4 Å². The van der Waals surface area contributed by atoms with Crippen molar-refractivity contribution in [2.75, 3.05) is 41.3 Å². The highest BCUT2D eigenvalue weighted by molar-refractivity contribution is 7.11. The maximum absolute atomic E-state index is 3.18. The van der Waals surface area contributed by atoms with Crippen LogP contribution in [0.1, 0.15) is 9.75 Å². The van der Waals surface area contributed by atoms with E-state index in [0.29, 0.717) is 0 Å². The lowest BCUT2D eigenvalue weighted by Crippen LogP contribution is -2.28. The molecular weight excluding hydrogens is 218 g/mol. The number of likely N-dealkylation sites (N-methyl/N-ethyl adjacent to an activating group) is 2. The Balaban J connectivity index is 2.34. The lowest BCUT2D eigenvalue weighted by atomic mass is 10.4. The van der Waals surface area contributed by atoms with Crippen LogP contribution in [0.15, 0.2) is 12.1 Å². The number of hydrogen-bond acceptors (Lipinski definition) is 4. The fourth-order valence-corrected chi connectivity index (χ4v) is 2.60. The van der Waals surface area contributed by atoms with Crippen molar-refractivity contribution < 1.29 is 0 Å². The number of nitrogens with zero attached hydrogens (tertiary/aromatic N) is 2. The third-order valence-corrected chi connectivity index (χ3v) is 3.49. The molecule has 0 unspecified atom stereocenters. The maximum Gasteiger partial charge on any atom is 0.0325 e. The molecule has 0 aliphatic carbocycles. The summed E-state index contributed by atoms with van der Waals surface area (Å²) in [5.41, 5.74) is 0. The molecule has 0 fully saturated rings. The van der Waals surface area contributed by atoms with Gasteiger partial charge in [0.1, 0.15) is 0 Å². The quantitative estimate of drug-likeness (QED) is 0.780. The second kappa shape index (κ2) is 7.01. The minimum atomic E-state index is 0.978. The molecular formula is C12H23N3S. The highest BCUT2D eigenvalue weighted by Gasteiger charge is 2.04. The first kappa shape index (κ1) is 13.6. The van der Waals surface area contributed by atoms with Crippen molar-refractivity contribution in [1.82, 2.24) is 15.1 Å². The van der Waals surface area contributed by atoms with Gasteiger partial charge >= 0.3 is 0 Å². The predicted molar refractivity (Wildman–Crippen MR) is 72.0 cm³/mol. The van der Waals surface area contributed by atoms with Crippen LogP contribution in [0.25, 0.3) is 0 Å². The first-order valence-corrected chi connectivity index (χ1v) is 6.49. The summed E-state index contributed by atoms with van der Waals surface area (Å²) in [7, 11) is 8.40. The van der Waals surface area contributed by atoms with Crippen molar-refractivity contribution in [2.45, 2.75) is 13.1 Å². The topological polar surface area (TPSA) is 18.5 Å². The molecule has 0 spiro atoms. The molecule has 0 bridgehead atoms. The predicted octanol–water partition coefficient (Wildman–Crippen LogP) is 1.46. The molecule has 0 amide bonds. The van der Waals surface area contributed by atoms with Gasteiger partial charge in [-0.3, -0.25) is 0 Å². The van der Waals surface area contributed by atoms with Gasteiger partial charge < -0.3 is 15.1 Å². The van der Waals surface area contributed by atoms with Crippen molar-refractivity contribution in [3.63, 3.8) is 0 Å². The van der Waals surface area contributed by atoms with Crippen LogP contribution < -0.4 is 5.32 Å². The van der Waals surface area contributed by atoms with Crippen molar-refractivity contribution in [3.05, 3.63) is 21.9 Å². The van der Waals surface area contributed by atoms with Crippen molar-refractivity contribution in [3.8, 4) is 0 Å². The average Bonchev–Trinajstić information content (AvgIpc) is 2.63. The Morgan fingerprint density at radius 3 is 2.44 bits per heavy atom. The van der Waals surface area contributed by atoms with Crippen molar-refractivity contribution >= 4 is 11.3 Å². The van der Waals surface area contributed by atoms with E-state index in [-0.39, 0.29) is 0 Å². The number of nitrogens with one attached hydrogen (secondary N) is 1. The third-order valence-electron chi connectivity index (χ3n) is 2.42. The van der Waals surface area contributed by atoms with Gasteiger partial charge in [-0.05, 0) is 40.3 Å². The van der Waals surface area contributed by atoms with Gasteiger partial charge in [-0.15, -0.1) is 11.3 Å². The summed E-state index contributed by atoms with van der Waals surface area (Å²) in [5, 5.41) is 3.18. The minimum absolute atomic E-state index is 0.978. The summed E-state index contributed by atoms with van der Waals surface area (Å²) in [5.74, 6) is 0. The zero-order valence-electron chi connectivity index (χ0n) is 10.8. The van der Waals surface area contributed by atoms with Crippen LogP contribution >= 0.6 is 11.3 Å². The van der Waals surface area contributed by atoms with Gasteiger partial charge in [-0.2, -0.15) is 0 Å². The maximum atomic E-state index is 3.18. The van der Waals surface area contributed by atoms with Crippen molar-refractivity contribution in [1.29, 1.82) is 0 Å². The second-order valence-electron chi connectivity index (χ2n) is 4.44. The van der Waals surface area contributed by atoms with E-state index in [4.69, 9.17) is 0 Å². The molecule has 0 radical (unpaired) electrons. The zero-order valence-corrected chi connectivity index (χ0v) is 11.6. The van der Waals surface area contributed by atoms with Gasteiger partial charge in [0.2, 0.25) is 0 Å². The van der Waals surface area contributed by atoms with Crippen LogP contribution in [-0.4, -0.2) is 51.1 Å². The second-order valence-corrected chi connectivity index (χ2v) is 5.69. The van der Waals surface area contributed by atoms with Crippen LogP contribution in [0.3, 0.4) is 0 Å². The molecule has 0 saturated heterocycles. The van der Waals surface area contributed by atoms with Gasteiger partial charge in [0.05, 0.1) is 0 Å². The SMILES string of the molecule is CNCc1ccc(CN(C)CCN(C)C)s1. The van der Waals surface area contributed by atoms with E-state index in [0.717, 1.165) is 26.2 Å². The van der Waals surface area contributed by atoms with E-state index in [9.17, 15) is 0 Å². The molecule has 1 aromatic rings. The van der Waals surface area contributed by atoms with Gasteiger partial charge in [-0.25, -0.2) is 0 Å². The number of thiophene rings is 1. The van der Waals surface area contributed by atoms with Crippen LogP contribution in [0.4, 0.5) is 0 Å². The van der Waals surface area contributed by atoms with E-state index in [2.05, 4.69) is 48.4 Å². The molecule has 0 atom stereocenters. The van der Waals surface area contributed by atoms with Crippen LogP contribution in [0.5, 0.6) is 0 Å². The number of rotatable bonds is 7. The lowest BCUT2D eigenvalue weighted by Gasteiger charge is -2.18. The molecule has 0 aliphatic rings. The standard InChI is InChI=1S/C12H23N3S/c1-13-9-11-5-6-12(16-11)10-15(4)8-7-14(2)3/h5-6,13H,7-10H2,1-4H3. The third kappa shape index (κ3) is 5.07. The van der Waals surface area contributed by atoms with Gasteiger partial charge in [0.25, 0.3) is 0 Å². The van der Waals surface area contributed by atoms with Crippen LogP contribution in [-0.2, 0) is 13.1 Å². The smallest absolute Gasteiger partial charge is 0.0325 e. The zero-order chi connectivity index (χ0) is 12.0. The largest absolute Gasteiger partial charge is 0.315 e. The molecule has 16 heavy (non-hydrogen) atoms. The molecule has 0 aromatic carbocycles. The summed E-state index contributed by atoms with van der Waals surface area (Å²) < 4.78 is 0. The highest BCUT2D eigenvalue weighted by atomic mass is 32.1. The Hall–Kier alpha value is -0.420. The molecule has 0 saturated carbocycles. The van der Waals surface area contributed by atoms with Crippen molar-refractivity contribution in [2.24, 2.45) is 0 Å². The molecule has 4 heteroatoms. The average molecular weight is 241 g/mol. The van der Waals surface area contributed by atoms with Gasteiger partial charge in [0.15, 0.2) is 0 Å². The molecule has 1 N–H and O–H groups in total. The normalized spacial score (nSPS) is 11.6. The Bertz CT molecular complexity index is 296. The molecule has 3 nitrogen and oxygen atoms in total. The lowest BCUT2D eigenvalue weighted by molar-refractivity contribution is 0.278. The summed E-state index contributed by atoms with van der Waals surface area (Å²) in [6, 6.07) is 4.46. The highest BCUT2D eigenvalue weighted by Crippen LogP contribution is 2.17. The molecule has 92 valence electrons. The Morgan fingerprint density at radius 2 is 1.81 bits per heavy atom. The molecule has 1 aromatic heterocycles. The van der Waals surface area contributed by atoms with E-state index >= 15 is 0 Å². The van der Waals surface area contributed by atoms with Crippen LogP contribution in [0.2, 0.25) is 0 Å².